The molecule has 7 nitrogen and oxygen atoms in total. The number of halogens is 1. The fraction of sp³-hybridized carbons (Fsp3) is 0.118. The summed E-state index contributed by atoms with van der Waals surface area (Å²) in [6.07, 6.45) is 0. The Kier molecular flexibility index (Phi) is 3.05. The van der Waals surface area contributed by atoms with E-state index >= 15 is 0 Å². The lowest BCUT2D eigenvalue weighted by Crippen LogP contribution is -2.43. The Labute approximate surface area is 140 Å². The first kappa shape index (κ1) is 15.1. The van der Waals surface area contributed by atoms with Crippen molar-refractivity contribution in [3.63, 3.8) is 0 Å². The minimum Gasteiger partial charge on any atom is -0.482 e. The molecule has 126 valence electrons. The smallest absolute Gasteiger partial charge is 0.341 e. The van der Waals surface area contributed by atoms with Gasteiger partial charge in [-0.1, -0.05) is 12.1 Å². The average Bonchev–Trinajstić information content (AvgIpc) is 3.01. The maximum Gasteiger partial charge on any atom is 0.341 e. The molecule has 1 atom stereocenters. The Morgan fingerprint density at radius 3 is 2.60 bits per heavy atom. The van der Waals surface area contributed by atoms with E-state index in [1.165, 1.54) is 24.3 Å². The third kappa shape index (κ3) is 2.07. The highest BCUT2D eigenvalue weighted by Gasteiger charge is 2.55. The average molecular weight is 342 g/mol. The van der Waals surface area contributed by atoms with Gasteiger partial charge in [0.1, 0.15) is 11.6 Å². The number of carbonyl (C=O) groups is 3. The van der Waals surface area contributed by atoms with Crippen molar-refractivity contribution >= 4 is 17.9 Å². The summed E-state index contributed by atoms with van der Waals surface area (Å²) < 4.78 is 19.0. The van der Waals surface area contributed by atoms with Crippen LogP contribution in [-0.4, -0.2) is 29.6 Å². The summed E-state index contributed by atoms with van der Waals surface area (Å²) in [5, 5.41) is 13.5. The number of rotatable bonds is 3. The molecule has 3 N–H and O–H groups in total. The molecule has 0 bridgehead atoms. The fourth-order valence-electron chi connectivity index (χ4n) is 3.35. The zero-order valence-electron chi connectivity index (χ0n) is 12.6. The molecule has 1 spiro atoms. The first-order chi connectivity index (χ1) is 11.9. The maximum absolute atomic E-state index is 13.8. The second-order valence-corrected chi connectivity index (χ2v) is 5.74. The molecule has 1 aliphatic heterocycles. The second-order valence-electron chi connectivity index (χ2n) is 5.74. The van der Waals surface area contributed by atoms with Crippen LogP contribution in [0.1, 0.15) is 11.1 Å². The number of urea groups is 1. The number of hydrogen-bond donors (Lipinski definition) is 3. The Hall–Kier alpha value is -3.42. The van der Waals surface area contributed by atoms with Crippen LogP contribution in [0.25, 0.3) is 11.1 Å². The van der Waals surface area contributed by atoms with Crippen LogP contribution in [0.2, 0.25) is 0 Å². The predicted molar refractivity (Wildman–Crippen MR) is 82.4 cm³/mol. The fourth-order valence-corrected chi connectivity index (χ4v) is 3.35. The van der Waals surface area contributed by atoms with Gasteiger partial charge in [0.15, 0.2) is 12.1 Å². The Balaban J connectivity index is 1.91. The number of benzene rings is 2. The quantitative estimate of drug-likeness (QED) is 0.731. The molecule has 3 amide bonds. The van der Waals surface area contributed by atoms with Crippen LogP contribution in [0.4, 0.5) is 9.18 Å². The van der Waals surface area contributed by atoms with Crippen molar-refractivity contribution in [1.82, 2.24) is 10.6 Å². The van der Waals surface area contributed by atoms with Crippen LogP contribution < -0.4 is 15.4 Å². The summed E-state index contributed by atoms with van der Waals surface area (Å²) in [6.45, 7) is -0.516. The lowest BCUT2D eigenvalue weighted by Gasteiger charge is -2.23. The topological polar surface area (TPSA) is 105 Å². The number of nitrogens with one attached hydrogen (secondary N) is 2. The Bertz CT molecular complexity index is 958. The molecule has 0 aromatic heterocycles. The van der Waals surface area contributed by atoms with Crippen molar-refractivity contribution in [2.75, 3.05) is 6.61 Å². The van der Waals surface area contributed by atoms with Gasteiger partial charge in [0.25, 0.3) is 5.91 Å². The van der Waals surface area contributed by atoms with Gasteiger partial charge >= 0.3 is 12.0 Å². The van der Waals surface area contributed by atoms with E-state index in [0.29, 0.717) is 28.0 Å². The number of carboxylic acid groups (broad SMARTS) is 1. The molecule has 1 aliphatic carbocycles. The SMILES string of the molecule is O=C(O)COc1ccc2c(c1)-c1ccc(F)cc1C21NC(=O)NC1=O. The van der Waals surface area contributed by atoms with Crippen molar-refractivity contribution in [2.45, 2.75) is 5.54 Å². The highest BCUT2D eigenvalue weighted by atomic mass is 19.1. The van der Waals surface area contributed by atoms with Crippen LogP contribution in [0.5, 0.6) is 5.75 Å². The van der Waals surface area contributed by atoms with Crippen molar-refractivity contribution in [2.24, 2.45) is 0 Å². The first-order valence-corrected chi connectivity index (χ1v) is 7.35. The van der Waals surface area contributed by atoms with Gasteiger partial charge in [-0.2, -0.15) is 0 Å². The Morgan fingerprint density at radius 2 is 1.92 bits per heavy atom. The predicted octanol–water partition coefficient (Wildman–Crippen LogP) is 1.35. The van der Waals surface area contributed by atoms with Gasteiger partial charge in [0, 0.05) is 5.56 Å². The zero-order chi connectivity index (χ0) is 17.8. The second kappa shape index (κ2) is 5.04. The molecule has 4 rings (SSSR count). The molecule has 1 saturated heterocycles. The van der Waals surface area contributed by atoms with Gasteiger partial charge in [-0.25, -0.2) is 14.0 Å². The number of hydrogen-bond acceptors (Lipinski definition) is 4. The van der Waals surface area contributed by atoms with Crippen LogP contribution in [-0.2, 0) is 15.1 Å². The van der Waals surface area contributed by atoms with Crippen LogP contribution in [0.3, 0.4) is 0 Å². The summed E-state index contributed by atoms with van der Waals surface area (Å²) in [4.78, 5) is 34.9. The number of fused-ring (bicyclic) bond motifs is 5. The highest BCUT2D eigenvalue weighted by molar-refractivity contribution is 6.13. The zero-order valence-corrected chi connectivity index (χ0v) is 12.6. The summed E-state index contributed by atoms with van der Waals surface area (Å²) in [5.41, 5.74) is 0.417. The summed E-state index contributed by atoms with van der Waals surface area (Å²) in [5.74, 6) is -1.97. The molecule has 8 heteroatoms. The number of amides is 3. The van der Waals surface area contributed by atoms with E-state index in [1.807, 2.05) is 0 Å². The summed E-state index contributed by atoms with van der Waals surface area (Å²) in [7, 11) is 0. The monoisotopic (exact) mass is 342 g/mol. The molecular weight excluding hydrogens is 331 g/mol. The van der Waals surface area contributed by atoms with Crippen molar-refractivity contribution in [3.05, 3.63) is 53.3 Å². The third-order valence-electron chi connectivity index (χ3n) is 4.30. The van der Waals surface area contributed by atoms with Gasteiger partial charge in [-0.3, -0.25) is 10.1 Å². The first-order valence-electron chi connectivity index (χ1n) is 7.35. The number of carboxylic acids is 1. The van der Waals surface area contributed by atoms with Gasteiger partial charge in [0.05, 0.1) is 0 Å². The third-order valence-corrected chi connectivity index (χ3v) is 4.30. The van der Waals surface area contributed by atoms with E-state index in [-0.39, 0.29) is 0 Å². The molecule has 2 aromatic rings. The minimum atomic E-state index is -1.50. The molecular formula is C17H11FN2O5. The van der Waals surface area contributed by atoms with Crippen molar-refractivity contribution in [1.29, 1.82) is 0 Å². The van der Waals surface area contributed by atoms with E-state index in [2.05, 4.69) is 10.6 Å². The standard InChI is InChI=1S/C17H11FN2O5/c18-8-1-3-10-11-6-9(25-7-14(21)22)2-4-12(11)17(13(10)5-8)15(23)19-16(24)20-17/h1-6H,7H2,(H,21,22)(H2,19,20,23,24). The normalized spacial score (nSPS) is 20.0. The van der Waals surface area contributed by atoms with Crippen LogP contribution >= 0.6 is 0 Å². The maximum atomic E-state index is 13.8. The van der Waals surface area contributed by atoms with E-state index in [1.54, 1.807) is 12.1 Å². The van der Waals surface area contributed by atoms with E-state index in [0.717, 1.165) is 0 Å². The number of aliphatic carboxylic acids is 1. The minimum absolute atomic E-state index is 0.290. The summed E-state index contributed by atoms with van der Waals surface area (Å²) in [6, 6.07) is 7.94. The van der Waals surface area contributed by atoms with Crippen molar-refractivity contribution < 1.29 is 28.6 Å². The molecule has 1 fully saturated rings. The van der Waals surface area contributed by atoms with Crippen LogP contribution in [0.15, 0.2) is 36.4 Å². The highest BCUT2D eigenvalue weighted by Crippen LogP contribution is 2.50. The van der Waals surface area contributed by atoms with Gasteiger partial charge in [-0.05, 0) is 41.0 Å². The van der Waals surface area contributed by atoms with Gasteiger partial charge in [0.2, 0.25) is 0 Å². The van der Waals surface area contributed by atoms with Crippen LogP contribution in [0, 0.1) is 5.82 Å². The summed E-state index contributed by atoms with van der Waals surface area (Å²) >= 11 is 0. The molecule has 25 heavy (non-hydrogen) atoms. The number of carbonyl (C=O) groups excluding carboxylic acids is 2. The molecule has 1 heterocycles. The molecule has 1 unspecified atom stereocenters. The van der Waals surface area contributed by atoms with E-state index in [4.69, 9.17) is 9.84 Å². The Morgan fingerprint density at radius 1 is 1.12 bits per heavy atom. The van der Waals surface area contributed by atoms with E-state index < -0.39 is 35.9 Å². The van der Waals surface area contributed by atoms with Gasteiger partial charge in [-0.15, -0.1) is 0 Å². The largest absolute Gasteiger partial charge is 0.482 e. The molecule has 0 saturated carbocycles. The van der Waals surface area contributed by atoms with E-state index in [9.17, 15) is 18.8 Å². The molecule has 2 aromatic carbocycles. The molecule has 2 aliphatic rings. The van der Waals surface area contributed by atoms with Crippen molar-refractivity contribution in [3.8, 4) is 16.9 Å². The lowest BCUT2D eigenvalue weighted by molar-refractivity contribution is -0.139. The molecule has 0 radical (unpaired) electrons. The lowest BCUT2D eigenvalue weighted by atomic mass is 9.87. The number of imide groups is 1. The number of ether oxygens (including phenoxy) is 1. The van der Waals surface area contributed by atoms with Gasteiger partial charge < -0.3 is 15.2 Å².